The Morgan fingerprint density at radius 1 is 1.26 bits per heavy atom. The molecule has 104 valence electrons. The van der Waals surface area contributed by atoms with Crippen LogP contribution in [-0.2, 0) is 17.6 Å². The van der Waals surface area contributed by atoms with Crippen molar-refractivity contribution in [3.05, 3.63) is 23.4 Å². The zero-order valence-corrected chi connectivity index (χ0v) is 12.0. The molecule has 4 heteroatoms. The quantitative estimate of drug-likeness (QED) is 0.793. The Morgan fingerprint density at radius 3 is 2.89 bits per heavy atom. The van der Waals surface area contributed by atoms with Gasteiger partial charge in [-0.25, -0.2) is 4.98 Å². The van der Waals surface area contributed by atoms with E-state index in [9.17, 15) is 0 Å². The summed E-state index contributed by atoms with van der Waals surface area (Å²) in [5.74, 6) is 1.74. The van der Waals surface area contributed by atoms with Gasteiger partial charge in [-0.15, -0.1) is 11.6 Å². The van der Waals surface area contributed by atoms with E-state index in [-0.39, 0.29) is 0 Å². The molecule has 3 nitrogen and oxygen atoms in total. The molecule has 0 spiro atoms. The molecule has 0 atom stereocenters. The van der Waals surface area contributed by atoms with Crippen LogP contribution in [-0.4, -0.2) is 36.7 Å². The van der Waals surface area contributed by atoms with Gasteiger partial charge in [-0.2, -0.15) is 0 Å². The Morgan fingerprint density at radius 2 is 2.11 bits per heavy atom. The van der Waals surface area contributed by atoms with Crippen LogP contribution in [0.1, 0.15) is 30.5 Å². The maximum Gasteiger partial charge on any atom is 0.128 e. The summed E-state index contributed by atoms with van der Waals surface area (Å²) in [5.41, 5.74) is 2.77. The SMILES string of the molecule is ClCCOC1CCN(c2ccc3c(n2)CCC3)CC1. The van der Waals surface area contributed by atoms with Crippen molar-refractivity contribution in [1.29, 1.82) is 0 Å². The van der Waals surface area contributed by atoms with Crippen molar-refractivity contribution in [3.63, 3.8) is 0 Å². The van der Waals surface area contributed by atoms with Gasteiger partial charge in [0.25, 0.3) is 0 Å². The van der Waals surface area contributed by atoms with E-state index < -0.39 is 0 Å². The van der Waals surface area contributed by atoms with Crippen molar-refractivity contribution in [2.75, 3.05) is 30.5 Å². The largest absolute Gasteiger partial charge is 0.377 e. The fourth-order valence-electron chi connectivity index (χ4n) is 3.05. The molecule has 1 fully saturated rings. The molecule has 2 heterocycles. The van der Waals surface area contributed by atoms with Crippen LogP contribution in [0, 0.1) is 0 Å². The molecule has 1 aliphatic carbocycles. The number of rotatable bonds is 4. The van der Waals surface area contributed by atoms with Gasteiger partial charge < -0.3 is 9.64 Å². The first kappa shape index (κ1) is 13.2. The van der Waals surface area contributed by atoms with E-state index in [1.165, 1.54) is 24.1 Å². The third-order valence-corrected chi connectivity index (χ3v) is 4.26. The van der Waals surface area contributed by atoms with E-state index in [2.05, 4.69) is 17.0 Å². The van der Waals surface area contributed by atoms with Crippen molar-refractivity contribution < 1.29 is 4.74 Å². The van der Waals surface area contributed by atoms with Crippen molar-refractivity contribution in [1.82, 2.24) is 4.98 Å². The van der Waals surface area contributed by atoms with Crippen LogP contribution in [0.4, 0.5) is 5.82 Å². The summed E-state index contributed by atoms with van der Waals surface area (Å²) in [6.07, 6.45) is 6.16. The minimum Gasteiger partial charge on any atom is -0.377 e. The van der Waals surface area contributed by atoms with Gasteiger partial charge in [0, 0.05) is 24.7 Å². The van der Waals surface area contributed by atoms with E-state index >= 15 is 0 Å². The second kappa shape index (κ2) is 6.10. The molecule has 1 saturated heterocycles. The maximum absolute atomic E-state index is 5.71. The van der Waals surface area contributed by atoms with Gasteiger partial charge in [0.05, 0.1) is 12.7 Å². The van der Waals surface area contributed by atoms with Crippen LogP contribution in [0.3, 0.4) is 0 Å². The predicted molar refractivity (Wildman–Crippen MR) is 78.2 cm³/mol. The van der Waals surface area contributed by atoms with E-state index in [0.29, 0.717) is 18.6 Å². The molecule has 1 aromatic heterocycles. The van der Waals surface area contributed by atoms with Crippen LogP contribution in [0.2, 0.25) is 0 Å². The Bertz CT molecular complexity index is 430. The summed E-state index contributed by atoms with van der Waals surface area (Å²) in [5, 5.41) is 0. The third kappa shape index (κ3) is 3.03. The fourth-order valence-corrected chi connectivity index (χ4v) is 3.14. The molecule has 0 aromatic carbocycles. The summed E-state index contributed by atoms with van der Waals surface area (Å²) in [7, 11) is 0. The Labute approximate surface area is 119 Å². The summed E-state index contributed by atoms with van der Waals surface area (Å²) >= 11 is 5.65. The highest BCUT2D eigenvalue weighted by atomic mass is 35.5. The molecule has 1 aliphatic heterocycles. The lowest BCUT2D eigenvalue weighted by molar-refractivity contribution is 0.0471. The number of alkyl halides is 1. The lowest BCUT2D eigenvalue weighted by Gasteiger charge is -2.32. The topological polar surface area (TPSA) is 25.4 Å². The second-order valence-corrected chi connectivity index (χ2v) is 5.75. The number of hydrogen-bond acceptors (Lipinski definition) is 3. The number of pyridine rings is 1. The number of aryl methyl sites for hydroxylation is 2. The van der Waals surface area contributed by atoms with Crippen LogP contribution in [0.15, 0.2) is 12.1 Å². The van der Waals surface area contributed by atoms with Crippen LogP contribution in [0.25, 0.3) is 0 Å². The minimum atomic E-state index is 0.379. The molecule has 0 saturated carbocycles. The van der Waals surface area contributed by atoms with E-state index in [0.717, 1.165) is 38.2 Å². The van der Waals surface area contributed by atoms with E-state index in [1.54, 1.807) is 0 Å². The molecule has 2 aliphatic rings. The standard InChI is InChI=1S/C15H21ClN2O/c16-8-11-19-13-6-9-18(10-7-13)15-5-4-12-2-1-3-14(12)17-15/h4-5,13H,1-3,6-11H2. The maximum atomic E-state index is 5.71. The third-order valence-electron chi connectivity index (χ3n) is 4.11. The molecule has 0 unspecified atom stereocenters. The molecule has 19 heavy (non-hydrogen) atoms. The van der Waals surface area contributed by atoms with Crippen LogP contribution in [0.5, 0.6) is 0 Å². The average Bonchev–Trinajstić information content (AvgIpc) is 2.93. The molecular formula is C15H21ClN2O. The van der Waals surface area contributed by atoms with E-state index in [1.807, 2.05) is 0 Å². The zero-order valence-electron chi connectivity index (χ0n) is 11.3. The highest BCUT2D eigenvalue weighted by Crippen LogP contribution is 2.25. The van der Waals surface area contributed by atoms with Gasteiger partial charge >= 0.3 is 0 Å². The normalized spacial score (nSPS) is 19.7. The smallest absolute Gasteiger partial charge is 0.128 e. The molecule has 0 N–H and O–H groups in total. The van der Waals surface area contributed by atoms with Gasteiger partial charge in [-0.3, -0.25) is 0 Å². The Hall–Kier alpha value is -0.800. The zero-order chi connectivity index (χ0) is 13.1. The highest BCUT2D eigenvalue weighted by molar-refractivity contribution is 6.17. The minimum absolute atomic E-state index is 0.379. The number of halogens is 1. The summed E-state index contributed by atoms with van der Waals surface area (Å²) in [6.45, 7) is 2.75. The van der Waals surface area contributed by atoms with Crippen molar-refractivity contribution >= 4 is 17.4 Å². The first-order valence-corrected chi connectivity index (χ1v) is 7.81. The Kier molecular flexibility index (Phi) is 4.24. The second-order valence-electron chi connectivity index (χ2n) is 5.38. The molecule has 0 amide bonds. The average molecular weight is 281 g/mol. The predicted octanol–water partition coefficient (Wildman–Crippen LogP) is 2.79. The van der Waals surface area contributed by atoms with Gasteiger partial charge in [-0.05, 0) is 43.7 Å². The van der Waals surface area contributed by atoms with Crippen LogP contribution >= 0.6 is 11.6 Å². The van der Waals surface area contributed by atoms with Gasteiger partial charge in [-0.1, -0.05) is 6.07 Å². The number of anilines is 1. The first-order chi connectivity index (χ1) is 9.36. The Balaban J connectivity index is 1.59. The van der Waals surface area contributed by atoms with Gasteiger partial charge in [0.1, 0.15) is 5.82 Å². The molecular weight excluding hydrogens is 260 g/mol. The van der Waals surface area contributed by atoms with Crippen molar-refractivity contribution in [3.8, 4) is 0 Å². The number of ether oxygens (including phenoxy) is 1. The number of hydrogen-bond donors (Lipinski definition) is 0. The summed E-state index contributed by atoms with van der Waals surface area (Å²) < 4.78 is 5.71. The molecule has 0 radical (unpaired) electrons. The molecule has 0 bridgehead atoms. The number of nitrogens with zero attached hydrogens (tertiary/aromatic N) is 2. The monoisotopic (exact) mass is 280 g/mol. The molecule has 1 aromatic rings. The lowest BCUT2D eigenvalue weighted by atomic mass is 10.1. The van der Waals surface area contributed by atoms with Gasteiger partial charge in [0.15, 0.2) is 0 Å². The lowest BCUT2D eigenvalue weighted by Crippen LogP contribution is -2.37. The van der Waals surface area contributed by atoms with Crippen molar-refractivity contribution in [2.24, 2.45) is 0 Å². The molecule has 3 rings (SSSR count). The van der Waals surface area contributed by atoms with Gasteiger partial charge in [0.2, 0.25) is 0 Å². The number of piperidine rings is 1. The fraction of sp³-hybridized carbons (Fsp3) is 0.667. The summed E-state index contributed by atoms with van der Waals surface area (Å²) in [4.78, 5) is 7.22. The van der Waals surface area contributed by atoms with E-state index in [4.69, 9.17) is 21.3 Å². The van der Waals surface area contributed by atoms with Crippen molar-refractivity contribution in [2.45, 2.75) is 38.2 Å². The summed E-state index contributed by atoms with van der Waals surface area (Å²) in [6, 6.07) is 4.45. The highest BCUT2D eigenvalue weighted by Gasteiger charge is 2.21. The number of fused-ring (bicyclic) bond motifs is 1. The number of aromatic nitrogens is 1. The first-order valence-electron chi connectivity index (χ1n) is 7.28. The van der Waals surface area contributed by atoms with Crippen LogP contribution < -0.4 is 4.90 Å².